The molecule has 0 aliphatic heterocycles. The van der Waals surface area contributed by atoms with Crippen LogP contribution >= 0.6 is 0 Å². The molecule has 0 bridgehead atoms. The summed E-state index contributed by atoms with van der Waals surface area (Å²) in [5.74, 6) is 1.06. The molecule has 1 heterocycles. The van der Waals surface area contributed by atoms with Gasteiger partial charge in [0.2, 0.25) is 0 Å². The van der Waals surface area contributed by atoms with Crippen LogP contribution in [0.4, 0.5) is 0 Å². The number of carbonyl (C=O) groups excluding carboxylic acids is 1. The van der Waals surface area contributed by atoms with Crippen LogP contribution in [0, 0.1) is 5.92 Å². The zero-order chi connectivity index (χ0) is 17.8. The highest BCUT2D eigenvalue weighted by atomic mass is 16.5. The number of methoxy groups -OCH3 is 1. The molecule has 0 saturated heterocycles. The second-order valence-electron chi connectivity index (χ2n) is 6.75. The fourth-order valence-electron chi connectivity index (χ4n) is 3.68. The number of aromatic nitrogens is 1. The first-order valence-electron chi connectivity index (χ1n) is 9.13. The van der Waals surface area contributed by atoms with Gasteiger partial charge in [-0.2, -0.15) is 0 Å². The standard InChI is InChI=1S/C20H26N2O3/c1-3-22-18(19(23)21-13-14-7-5-4-6-8-14)12-15-11-16(25-2)9-10-17(15)20(22)24/h9-12,14H,3-8,13H2,1-2H3,(H,21,23). The predicted octanol–water partition coefficient (Wildman–Crippen LogP) is 3.34. The summed E-state index contributed by atoms with van der Waals surface area (Å²) in [5, 5.41) is 4.37. The van der Waals surface area contributed by atoms with E-state index in [2.05, 4.69) is 5.32 Å². The predicted molar refractivity (Wildman–Crippen MR) is 99.3 cm³/mol. The number of benzene rings is 1. The molecule has 1 aliphatic carbocycles. The highest BCUT2D eigenvalue weighted by Crippen LogP contribution is 2.23. The van der Waals surface area contributed by atoms with Crippen LogP contribution in [-0.2, 0) is 6.54 Å². The maximum Gasteiger partial charge on any atom is 0.268 e. The van der Waals surface area contributed by atoms with Crippen LogP contribution in [0.15, 0.2) is 29.1 Å². The van der Waals surface area contributed by atoms with Gasteiger partial charge in [-0.25, -0.2) is 0 Å². The normalized spacial score (nSPS) is 15.3. The Labute approximate surface area is 148 Å². The van der Waals surface area contributed by atoms with Crippen molar-refractivity contribution in [1.29, 1.82) is 0 Å². The Balaban J connectivity index is 1.90. The largest absolute Gasteiger partial charge is 0.497 e. The molecule has 1 amide bonds. The lowest BCUT2D eigenvalue weighted by Crippen LogP contribution is -2.35. The van der Waals surface area contributed by atoms with Crippen LogP contribution in [0.2, 0.25) is 0 Å². The lowest BCUT2D eigenvalue weighted by molar-refractivity contribution is 0.0933. The molecule has 1 fully saturated rings. The minimum absolute atomic E-state index is 0.134. The average Bonchev–Trinajstić information content (AvgIpc) is 2.66. The molecule has 0 spiro atoms. The zero-order valence-corrected chi connectivity index (χ0v) is 15.0. The minimum atomic E-state index is -0.172. The molecule has 0 atom stereocenters. The summed E-state index contributed by atoms with van der Waals surface area (Å²) in [4.78, 5) is 25.4. The van der Waals surface area contributed by atoms with Crippen LogP contribution < -0.4 is 15.6 Å². The van der Waals surface area contributed by atoms with Gasteiger partial charge < -0.3 is 14.6 Å². The van der Waals surface area contributed by atoms with Gasteiger partial charge in [0, 0.05) is 18.5 Å². The number of nitrogens with zero attached hydrogens (tertiary/aromatic N) is 1. The van der Waals surface area contributed by atoms with Crippen LogP contribution in [0.1, 0.15) is 49.5 Å². The summed E-state index contributed by atoms with van der Waals surface area (Å²) in [7, 11) is 1.59. The average molecular weight is 342 g/mol. The molecule has 1 N–H and O–H groups in total. The van der Waals surface area contributed by atoms with Gasteiger partial charge in [-0.15, -0.1) is 0 Å². The number of hydrogen-bond acceptors (Lipinski definition) is 3. The first kappa shape index (κ1) is 17.5. The van der Waals surface area contributed by atoms with Gasteiger partial charge in [0.1, 0.15) is 11.4 Å². The fourth-order valence-corrected chi connectivity index (χ4v) is 3.68. The third kappa shape index (κ3) is 3.70. The monoisotopic (exact) mass is 342 g/mol. The van der Waals surface area contributed by atoms with E-state index in [9.17, 15) is 9.59 Å². The van der Waals surface area contributed by atoms with E-state index in [0.717, 1.165) is 5.39 Å². The van der Waals surface area contributed by atoms with Crippen LogP contribution in [0.3, 0.4) is 0 Å². The summed E-state index contributed by atoms with van der Waals surface area (Å²) < 4.78 is 6.78. The highest BCUT2D eigenvalue weighted by molar-refractivity contribution is 5.97. The van der Waals surface area contributed by atoms with Crippen molar-refractivity contribution < 1.29 is 9.53 Å². The molecular weight excluding hydrogens is 316 g/mol. The molecule has 3 rings (SSSR count). The van der Waals surface area contributed by atoms with Crippen molar-refractivity contribution in [2.75, 3.05) is 13.7 Å². The Bertz CT molecular complexity index is 820. The molecule has 5 heteroatoms. The second-order valence-corrected chi connectivity index (χ2v) is 6.75. The topological polar surface area (TPSA) is 60.3 Å². The quantitative estimate of drug-likeness (QED) is 0.906. The Morgan fingerprint density at radius 3 is 2.68 bits per heavy atom. The SMILES string of the molecule is CCn1c(C(=O)NCC2CCCCC2)cc2cc(OC)ccc2c1=O. The van der Waals surface area contributed by atoms with Crippen molar-refractivity contribution in [2.45, 2.75) is 45.6 Å². The first-order chi connectivity index (χ1) is 12.1. The van der Waals surface area contributed by atoms with Crippen molar-refractivity contribution in [3.63, 3.8) is 0 Å². The van der Waals surface area contributed by atoms with Crippen molar-refractivity contribution in [3.8, 4) is 5.75 Å². The van der Waals surface area contributed by atoms with E-state index < -0.39 is 0 Å². The van der Waals surface area contributed by atoms with Crippen LogP contribution in [0.25, 0.3) is 10.8 Å². The maximum atomic E-state index is 12.7. The lowest BCUT2D eigenvalue weighted by Gasteiger charge is -2.22. The second kappa shape index (κ2) is 7.72. The van der Waals surface area contributed by atoms with Crippen LogP contribution in [-0.4, -0.2) is 24.1 Å². The van der Waals surface area contributed by atoms with E-state index in [1.54, 1.807) is 35.9 Å². The van der Waals surface area contributed by atoms with E-state index in [0.29, 0.717) is 35.8 Å². The third-order valence-corrected chi connectivity index (χ3v) is 5.14. The third-order valence-electron chi connectivity index (χ3n) is 5.14. The molecule has 5 nitrogen and oxygen atoms in total. The Morgan fingerprint density at radius 1 is 1.24 bits per heavy atom. The van der Waals surface area contributed by atoms with Gasteiger partial charge in [-0.1, -0.05) is 19.3 Å². The number of carbonyl (C=O) groups is 1. The number of fused-ring (bicyclic) bond motifs is 1. The van der Waals surface area contributed by atoms with E-state index in [1.165, 1.54) is 32.1 Å². The Morgan fingerprint density at radius 2 is 2.00 bits per heavy atom. The molecule has 0 unspecified atom stereocenters. The summed E-state index contributed by atoms with van der Waals surface area (Å²) in [5.41, 5.74) is 0.287. The lowest BCUT2D eigenvalue weighted by atomic mass is 9.89. The molecule has 1 aromatic heterocycles. The molecular formula is C20H26N2O3. The minimum Gasteiger partial charge on any atom is -0.497 e. The van der Waals surface area contributed by atoms with E-state index in [-0.39, 0.29) is 11.5 Å². The molecule has 1 aromatic carbocycles. The molecule has 0 radical (unpaired) electrons. The maximum absolute atomic E-state index is 12.7. The van der Waals surface area contributed by atoms with E-state index in [1.807, 2.05) is 6.92 Å². The summed E-state index contributed by atoms with van der Waals surface area (Å²) in [6.45, 7) is 3.04. The van der Waals surface area contributed by atoms with E-state index in [4.69, 9.17) is 4.74 Å². The number of rotatable bonds is 5. The fraction of sp³-hybridized carbons (Fsp3) is 0.500. The van der Waals surface area contributed by atoms with Crippen LogP contribution in [0.5, 0.6) is 5.75 Å². The van der Waals surface area contributed by atoms with Gasteiger partial charge in [0.25, 0.3) is 11.5 Å². The molecule has 1 aliphatic rings. The zero-order valence-electron chi connectivity index (χ0n) is 15.0. The smallest absolute Gasteiger partial charge is 0.268 e. The van der Waals surface area contributed by atoms with Gasteiger partial charge in [0.05, 0.1) is 7.11 Å². The number of ether oxygens (including phenoxy) is 1. The summed E-state index contributed by atoms with van der Waals surface area (Å²) in [6.07, 6.45) is 6.14. The number of amides is 1. The number of pyridine rings is 1. The van der Waals surface area contributed by atoms with Gasteiger partial charge in [-0.3, -0.25) is 9.59 Å². The molecule has 1 saturated carbocycles. The molecule has 2 aromatic rings. The Kier molecular flexibility index (Phi) is 5.41. The number of hydrogen-bond donors (Lipinski definition) is 1. The first-order valence-corrected chi connectivity index (χ1v) is 9.13. The van der Waals surface area contributed by atoms with Crippen molar-refractivity contribution in [2.24, 2.45) is 5.92 Å². The van der Waals surface area contributed by atoms with Crippen molar-refractivity contribution in [1.82, 2.24) is 9.88 Å². The van der Waals surface area contributed by atoms with Crippen molar-refractivity contribution in [3.05, 3.63) is 40.3 Å². The number of nitrogens with one attached hydrogen (secondary N) is 1. The van der Waals surface area contributed by atoms with Gasteiger partial charge in [-0.05, 0) is 55.3 Å². The van der Waals surface area contributed by atoms with Gasteiger partial charge >= 0.3 is 0 Å². The van der Waals surface area contributed by atoms with E-state index >= 15 is 0 Å². The highest BCUT2D eigenvalue weighted by Gasteiger charge is 2.18. The molecule has 134 valence electrons. The molecule has 25 heavy (non-hydrogen) atoms. The van der Waals surface area contributed by atoms with Crippen molar-refractivity contribution >= 4 is 16.7 Å². The summed E-state index contributed by atoms with van der Waals surface area (Å²) in [6, 6.07) is 7.12. The summed E-state index contributed by atoms with van der Waals surface area (Å²) >= 11 is 0. The van der Waals surface area contributed by atoms with Gasteiger partial charge in [0.15, 0.2) is 0 Å². The Hall–Kier alpha value is -2.30.